The van der Waals surface area contributed by atoms with Crippen LogP contribution in [0.3, 0.4) is 0 Å². The molecule has 0 bridgehead atoms. The van der Waals surface area contributed by atoms with Crippen molar-refractivity contribution in [3.63, 3.8) is 0 Å². The molecule has 1 N–H and O–H groups in total. The average Bonchev–Trinajstić information content (AvgIpc) is 2.46. The monoisotopic (exact) mass is 329 g/mol. The van der Waals surface area contributed by atoms with Gasteiger partial charge in [-0.2, -0.15) is 13.2 Å². The van der Waals surface area contributed by atoms with E-state index >= 15 is 0 Å². The molecule has 23 heavy (non-hydrogen) atoms. The summed E-state index contributed by atoms with van der Waals surface area (Å²) in [5.74, 6) is -2.17. The van der Waals surface area contributed by atoms with E-state index in [9.17, 15) is 22.4 Å². The molecule has 0 saturated heterocycles. The summed E-state index contributed by atoms with van der Waals surface area (Å²) in [6.07, 6.45) is -4.73. The number of carboxylic acids is 1. The van der Waals surface area contributed by atoms with Crippen LogP contribution in [0.25, 0.3) is 11.3 Å². The molecule has 0 saturated carbocycles. The van der Waals surface area contributed by atoms with Crippen LogP contribution in [-0.4, -0.2) is 34.6 Å². The number of benzene rings is 1. The minimum absolute atomic E-state index is 0.0837. The van der Waals surface area contributed by atoms with E-state index in [2.05, 4.69) is 9.97 Å². The summed E-state index contributed by atoms with van der Waals surface area (Å²) in [6.45, 7) is -0.565. The number of hydrogen-bond acceptors (Lipinski definition) is 4. The molecule has 0 atom stereocenters. The summed E-state index contributed by atoms with van der Waals surface area (Å²) in [5, 5.41) is 8.73. The van der Waals surface area contributed by atoms with Gasteiger partial charge in [-0.3, -0.25) is 4.79 Å². The molecule has 5 nitrogen and oxygen atoms in total. The van der Waals surface area contributed by atoms with E-state index in [4.69, 9.17) is 5.11 Å². The van der Waals surface area contributed by atoms with Crippen molar-refractivity contribution < 1.29 is 27.5 Å². The Morgan fingerprint density at radius 2 is 1.83 bits per heavy atom. The van der Waals surface area contributed by atoms with Crippen LogP contribution < -0.4 is 4.90 Å². The standard InChI is InChI=1S/C14H11F4N3O2/c1-21(7-12(22)23)13-19-10(6-11(20-13)14(16,17)18)8-2-4-9(15)5-3-8/h2-6H,7H2,1H3,(H,22,23). The molecule has 0 amide bonds. The van der Waals surface area contributed by atoms with Crippen LogP contribution in [0.15, 0.2) is 30.3 Å². The van der Waals surface area contributed by atoms with Gasteiger partial charge in [0.25, 0.3) is 0 Å². The molecule has 122 valence electrons. The Bertz CT molecular complexity index is 717. The molecule has 0 unspecified atom stereocenters. The Balaban J connectivity index is 2.53. The van der Waals surface area contributed by atoms with Crippen molar-refractivity contribution in [3.05, 3.63) is 41.8 Å². The Labute approximate surface area is 128 Å². The molecule has 0 fully saturated rings. The Morgan fingerprint density at radius 3 is 2.35 bits per heavy atom. The summed E-state index contributed by atoms with van der Waals surface area (Å²) in [7, 11) is 1.26. The lowest BCUT2D eigenvalue weighted by Gasteiger charge is -2.17. The van der Waals surface area contributed by atoms with Crippen molar-refractivity contribution >= 4 is 11.9 Å². The minimum Gasteiger partial charge on any atom is -0.480 e. The second-order valence-corrected chi connectivity index (χ2v) is 4.69. The normalized spacial score (nSPS) is 11.3. The Hall–Kier alpha value is -2.71. The van der Waals surface area contributed by atoms with Crippen molar-refractivity contribution in [2.45, 2.75) is 6.18 Å². The molecule has 0 spiro atoms. The van der Waals surface area contributed by atoms with Gasteiger partial charge >= 0.3 is 12.1 Å². The Morgan fingerprint density at radius 1 is 1.22 bits per heavy atom. The molecule has 0 radical (unpaired) electrons. The topological polar surface area (TPSA) is 66.3 Å². The van der Waals surface area contributed by atoms with Crippen LogP contribution in [0.4, 0.5) is 23.5 Å². The number of likely N-dealkylation sites (N-methyl/N-ethyl adjacent to an activating group) is 1. The highest BCUT2D eigenvalue weighted by Crippen LogP contribution is 2.31. The van der Waals surface area contributed by atoms with Gasteiger partial charge in [-0.1, -0.05) is 0 Å². The number of rotatable bonds is 4. The second-order valence-electron chi connectivity index (χ2n) is 4.69. The SMILES string of the molecule is CN(CC(=O)O)c1nc(-c2ccc(F)cc2)cc(C(F)(F)F)n1. The first kappa shape index (κ1) is 16.7. The molecule has 2 aromatic rings. The van der Waals surface area contributed by atoms with Crippen molar-refractivity contribution in [2.75, 3.05) is 18.5 Å². The number of aromatic nitrogens is 2. The van der Waals surface area contributed by atoms with Gasteiger partial charge in [-0.25, -0.2) is 14.4 Å². The summed E-state index contributed by atoms with van der Waals surface area (Å²) < 4.78 is 51.8. The molecule has 9 heteroatoms. The van der Waals surface area contributed by atoms with Crippen LogP contribution in [0.2, 0.25) is 0 Å². The maximum absolute atomic E-state index is 13.0. The van der Waals surface area contributed by atoms with Crippen LogP contribution in [-0.2, 0) is 11.0 Å². The van der Waals surface area contributed by atoms with Gasteiger partial charge in [0.1, 0.15) is 12.4 Å². The molecule has 0 aliphatic heterocycles. The molecule has 2 rings (SSSR count). The molecule has 1 aromatic carbocycles. The van der Waals surface area contributed by atoms with Gasteiger partial charge in [-0.05, 0) is 30.3 Å². The fraction of sp³-hybridized carbons (Fsp3) is 0.214. The molecular formula is C14H11F4N3O2. The van der Waals surface area contributed by atoms with Gasteiger partial charge in [0, 0.05) is 12.6 Å². The fourth-order valence-electron chi connectivity index (χ4n) is 1.79. The molecular weight excluding hydrogens is 318 g/mol. The molecule has 0 aliphatic carbocycles. The quantitative estimate of drug-likeness (QED) is 0.874. The van der Waals surface area contributed by atoms with E-state index < -0.39 is 30.2 Å². The van der Waals surface area contributed by atoms with E-state index in [0.717, 1.165) is 23.1 Å². The first-order valence-electron chi connectivity index (χ1n) is 6.32. The maximum atomic E-state index is 13.0. The largest absolute Gasteiger partial charge is 0.480 e. The molecule has 1 heterocycles. The summed E-state index contributed by atoms with van der Waals surface area (Å²) in [6, 6.07) is 5.46. The van der Waals surface area contributed by atoms with Crippen LogP contribution in [0.1, 0.15) is 5.69 Å². The zero-order valence-corrected chi connectivity index (χ0v) is 11.8. The zero-order valence-electron chi connectivity index (χ0n) is 11.8. The Kier molecular flexibility index (Phi) is 4.48. The predicted octanol–water partition coefficient (Wildman–Crippen LogP) is 2.82. The van der Waals surface area contributed by atoms with E-state index in [-0.39, 0.29) is 17.2 Å². The first-order chi connectivity index (χ1) is 10.7. The lowest BCUT2D eigenvalue weighted by Crippen LogP contribution is -2.28. The van der Waals surface area contributed by atoms with Crippen LogP contribution in [0, 0.1) is 5.82 Å². The third-order valence-electron chi connectivity index (χ3n) is 2.86. The lowest BCUT2D eigenvalue weighted by atomic mass is 10.1. The molecule has 1 aromatic heterocycles. The average molecular weight is 329 g/mol. The molecule has 0 aliphatic rings. The van der Waals surface area contributed by atoms with Gasteiger partial charge in [-0.15, -0.1) is 0 Å². The third-order valence-corrected chi connectivity index (χ3v) is 2.86. The van der Waals surface area contributed by atoms with E-state index in [1.165, 1.54) is 19.2 Å². The highest BCUT2D eigenvalue weighted by molar-refractivity contribution is 5.72. The van der Waals surface area contributed by atoms with E-state index in [0.29, 0.717) is 0 Å². The van der Waals surface area contributed by atoms with Gasteiger partial charge in [0.2, 0.25) is 5.95 Å². The summed E-state index contributed by atoms with van der Waals surface area (Å²) >= 11 is 0. The van der Waals surface area contributed by atoms with Gasteiger partial charge < -0.3 is 10.0 Å². The van der Waals surface area contributed by atoms with Crippen molar-refractivity contribution in [1.29, 1.82) is 0 Å². The number of aliphatic carboxylic acids is 1. The highest BCUT2D eigenvalue weighted by Gasteiger charge is 2.34. The number of carbonyl (C=O) groups is 1. The smallest absolute Gasteiger partial charge is 0.433 e. The highest BCUT2D eigenvalue weighted by atomic mass is 19.4. The number of nitrogens with zero attached hydrogens (tertiary/aromatic N) is 3. The lowest BCUT2D eigenvalue weighted by molar-refractivity contribution is -0.141. The van der Waals surface area contributed by atoms with E-state index in [1.54, 1.807) is 0 Å². The number of carboxylic acid groups (broad SMARTS) is 1. The summed E-state index contributed by atoms with van der Waals surface area (Å²) in [5.41, 5.74) is -1.04. The fourth-order valence-corrected chi connectivity index (χ4v) is 1.79. The number of hydrogen-bond donors (Lipinski definition) is 1. The second kappa shape index (κ2) is 6.19. The number of halogens is 4. The minimum atomic E-state index is -4.73. The van der Waals surface area contributed by atoms with Crippen LogP contribution >= 0.6 is 0 Å². The van der Waals surface area contributed by atoms with E-state index in [1.807, 2.05) is 0 Å². The van der Waals surface area contributed by atoms with Gasteiger partial charge in [0.15, 0.2) is 5.69 Å². The number of anilines is 1. The predicted molar refractivity (Wildman–Crippen MR) is 73.3 cm³/mol. The first-order valence-corrected chi connectivity index (χ1v) is 6.32. The van der Waals surface area contributed by atoms with Crippen molar-refractivity contribution in [1.82, 2.24) is 9.97 Å². The zero-order chi connectivity index (χ0) is 17.2. The summed E-state index contributed by atoms with van der Waals surface area (Å²) in [4.78, 5) is 19.0. The van der Waals surface area contributed by atoms with Crippen molar-refractivity contribution in [2.24, 2.45) is 0 Å². The van der Waals surface area contributed by atoms with Crippen LogP contribution in [0.5, 0.6) is 0 Å². The number of alkyl halides is 3. The third kappa shape index (κ3) is 4.15. The van der Waals surface area contributed by atoms with Crippen molar-refractivity contribution in [3.8, 4) is 11.3 Å². The van der Waals surface area contributed by atoms with Gasteiger partial charge in [0.05, 0.1) is 5.69 Å². The maximum Gasteiger partial charge on any atom is 0.433 e.